The average Bonchev–Trinajstić information content (AvgIpc) is 2.02. The number of carboxylic acid groups (broad SMARTS) is 2. The fourth-order valence-corrected chi connectivity index (χ4v) is 2.11. The zero-order valence-corrected chi connectivity index (χ0v) is 13.6. The summed E-state index contributed by atoms with van der Waals surface area (Å²) in [6.07, 6.45) is 2.14. The summed E-state index contributed by atoms with van der Waals surface area (Å²) in [5.74, 6) is -3.36. The van der Waals surface area contributed by atoms with Crippen molar-refractivity contribution >= 4 is 11.9 Å². The van der Waals surface area contributed by atoms with Gasteiger partial charge in [-0.3, -0.25) is 9.59 Å². The number of aliphatic carboxylic acids is 2. The molecule has 0 spiro atoms. The first-order valence-corrected chi connectivity index (χ1v) is 4.49. The van der Waals surface area contributed by atoms with E-state index in [-0.39, 0.29) is 67.9 Å². The monoisotopic (exact) mass is 234 g/mol. The van der Waals surface area contributed by atoms with Crippen LogP contribution in [0, 0.1) is 17.8 Å². The molecular weight excluding hydrogens is 218 g/mol. The maximum absolute atomic E-state index is 10.8. The molecule has 0 amide bonds. The van der Waals surface area contributed by atoms with E-state index in [2.05, 4.69) is 0 Å². The molecule has 2 N–H and O–H groups in total. The Labute approximate surface area is 136 Å². The Hall–Kier alpha value is 0.940. The summed E-state index contributed by atoms with van der Waals surface area (Å²) in [4.78, 5) is 21.6. The average molecular weight is 234 g/mol. The van der Waals surface area contributed by atoms with Gasteiger partial charge in [0.05, 0.1) is 11.8 Å². The Morgan fingerprint density at radius 1 is 1.13 bits per heavy atom. The van der Waals surface area contributed by atoms with Crippen molar-refractivity contribution in [3.8, 4) is 0 Å². The second-order valence-corrected chi connectivity index (χ2v) is 3.72. The molecule has 78 valence electrons. The number of hydrogen-bond acceptors (Lipinski definition) is 2. The first-order valence-electron chi connectivity index (χ1n) is 4.49. The molecule has 0 radical (unpaired) electrons. The van der Waals surface area contributed by atoms with Gasteiger partial charge in [-0.15, -0.1) is 0 Å². The molecule has 6 heteroatoms. The second kappa shape index (κ2) is 8.09. The maximum Gasteiger partial charge on any atom is 1.00 e. The molecule has 0 aliphatic heterocycles. The molecule has 0 aromatic rings. The van der Waals surface area contributed by atoms with Crippen molar-refractivity contribution < 1.29 is 81.8 Å². The Balaban J connectivity index is -0.000000211. The van der Waals surface area contributed by atoms with Crippen LogP contribution in [0.25, 0.3) is 0 Å². The predicted octanol–water partition coefficient (Wildman–Crippen LogP) is -4.56. The number of rotatable bonds is 2. The molecule has 1 aliphatic rings. The van der Waals surface area contributed by atoms with Crippen molar-refractivity contribution in [2.45, 2.75) is 26.2 Å². The molecule has 1 aliphatic carbocycles. The van der Waals surface area contributed by atoms with Crippen LogP contribution in [0.5, 0.6) is 0 Å². The number of hydrogen-bond donors (Lipinski definition) is 2. The summed E-state index contributed by atoms with van der Waals surface area (Å²) in [5, 5.41) is 17.7. The molecule has 0 aromatic carbocycles. The van der Waals surface area contributed by atoms with Gasteiger partial charge in [-0.1, -0.05) is 13.3 Å². The van der Waals surface area contributed by atoms with Crippen LogP contribution in [0.15, 0.2) is 0 Å². The predicted molar refractivity (Wildman–Crippen MR) is 47.5 cm³/mol. The van der Waals surface area contributed by atoms with Crippen LogP contribution >= 0.6 is 0 Å². The minimum absolute atomic E-state index is 0. The Kier molecular flexibility index (Phi) is 9.88. The van der Waals surface area contributed by atoms with Gasteiger partial charge in [-0.25, -0.2) is 0 Å². The van der Waals surface area contributed by atoms with Crippen LogP contribution in [0.3, 0.4) is 0 Å². The molecule has 4 nitrogen and oxygen atoms in total. The van der Waals surface area contributed by atoms with Crippen molar-refractivity contribution in [2.75, 3.05) is 0 Å². The van der Waals surface area contributed by atoms with E-state index in [0.29, 0.717) is 6.42 Å². The van der Waals surface area contributed by atoms with Crippen molar-refractivity contribution in [3.05, 3.63) is 0 Å². The van der Waals surface area contributed by atoms with Gasteiger partial charge in [0, 0.05) is 0 Å². The van der Waals surface area contributed by atoms with E-state index in [0.717, 1.165) is 12.8 Å². The third-order valence-corrected chi connectivity index (χ3v) is 2.82. The molecule has 0 bridgehead atoms. The van der Waals surface area contributed by atoms with Crippen LogP contribution < -0.4 is 59.1 Å². The summed E-state index contributed by atoms with van der Waals surface area (Å²) in [7, 11) is 0. The van der Waals surface area contributed by atoms with Gasteiger partial charge in [0.15, 0.2) is 0 Å². The van der Waals surface area contributed by atoms with Crippen molar-refractivity contribution in [2.24, 2.45) is 17.8 Å². The summed E-state index contributed by atoms with van der Waals surface area (Å²) >= 11 is 0. The molecule has 1 saturated carbocycles. The van der Waals surface area contributed by atoms with Crippen LogP contribution in [0.1, 0.15) is 29.0 Å². The quantitative estimate of drug-likeness (QED) is 0.472. The maximum atomic E-state index is 10.8. The summed E-state index contributed by atoms with van der Waals surface area (Å²) in [5.41, 5.74) is 0. The van der Waals surface area contributed by atoms with E-state index in [9.17, 15) is 9.59 Å². The van der Waals surface area contributed by atoms with E-state index in [4.69, 9.17) is 10.2 Å². The topological polar surface area (TPSA) is 74.6 Å². The normalized spacial score (nSPS) is 29.5. The molecule has 3 unspecified atom stereocenters. The third kappa shape index (κ3) is 4.75. The fourth-order valence-electron chi connectivity index (χ4n) is 2.11. The molecule has 0 heterocycles. The summed E-state index contributed by atoms with van der Waals surface area (Å²) in [6, 6.07) is 0. The molecular formula is C9H16Na2O4. The third-order valence-electron chi connectivity index (χ3n) is 2.82. The van der Waals surface area contributed by atoms with E-state index in [1.165, 1.54) is 0 Å². The smallest absolute Gasteiger partial charge is 1.00 e. The minimum atomic E-state index is -0.973. The van der Waals surface area contributed by atoms with Gasteiger partial charge >= 0.3 is 71.1 Å². The van der Waals surface area contributed by atoms with E-state index in [1.807, 2.05) is 6.92 Å². The number of carbonyl (C=O) groups is 2. The molecule has 3 atom stereocenters. The Morgan fingerprint density at radius 3 is 2.00 bits per heavy atom. The van der Waals surface area contributed by atoms with Gasteiger partial charge < -0.3 is 13.1 Å². The first-order chi connectivity index (χ1) is 6.04. The van der Waals surface area contributed by atoms with E-state index < -0.39 is 23.8 Å². The molecule has 1 rings (SSSR count). The zero-order chi connectivity index (χ0) is 10.0. The van der Waals surface area contributed by atoms with Gasteiger partial charge in [0.25, 0.3) is 0 Å². The largest absolute Gasteiger partial charge is 1.00 e. The van der Waals surface area contributed by atoms with Gasteiger partial charge in [0.1, 0.15) is 0 Å². The summed E-state index contributed by atoms with van der Waals surface area (Å²) < 4.78 is 0. The van der Waals surface area contributed by atoms with Crippen LogP contribution in [0.4, 0.5) is 0 Å². The Bertz CT molecular complexity index is 241. The van der Waals surface area contributed by atoms with Gasteiger partial charge in [0.2, 0.25) is 0 Å². The van der Waals surface area contributed by atoms with Crippen LogP contribution in [-0.2, 0) is 9.59 Å². The molecule has 0 saturated heterocycles. The molecule has 0 aromatic heterocycles. The van der Waals surface area contributed by atoms with Gasteiger partial charge in [-0.05, 0) is 18.8 Å². The second-order valence-electron chi connectivity index (χ2n) is 3.72. The summed E-state index contributed by atoms with van der Waals surface area (Å²) in [6.45, 7) is 1.81. The minimum Gasteiger partial charge on any atom is -1.00 e. The van der Waals surface area contributed by atoms with Crippen molar-refractivity contribution in [3.63, 3.8) is 0 Å². The van der Waals surface area contributed by atoms with Crippen molar-refractivity contribution in [1.29, 1.82) is 0 Å². The fraction of sp³-hybridized carbons (Fsp3) is 0.778. The van der Waals surface area contributed by atoms with Crippen LogP contribution in [0.2, 0.25) is 0 Å². The van der Waals surface area contributed by atoms with E-state index >= 15 is 0 Å². The molecule has 1 fully saturated rings. The SMILES string of the molecule is CC1CCCC(C(=O)O)C1C(=O)O.[H-].[H-].[Na+].[Na+]. The van der Waals surface area contributed by atoms with Crippen LogP contribution in [-0.4, -0.2) is 22.2 Å². The van der Waals surface area contributed by atoms with Crippen molar-refractivity contribution in [1.82, 2.24) is 0 Å². The standard InChI is InChI=1S/C9H14O4.2Na.2H/c1-5-3-2-4-6(8(10)11)7(5)9(12)13;;;;/h5-7H,2-4H2,1H3,(H,10,11)(H,12,13);;;;/q;2*+1;2*-1. The van der Waals surface area contributed by atoms with Gasteiger partial charge in [-0.2, -0.15) is 0 Å². The van der Waals surface area contributed by atoms with E-state index in [1.54, 1.807) is 0 Å². The zero-order valence-electron chi connectivity index (χ0n) is 11.6. The molecule has 15 heavy (non-hydrogen) atoms. The Morgan fingerprint density at radius 2 is 1.67 bits per heavy atom. The first kappa shape index (κ1) is 18.3. The number of carboxylic acids is 2.